The van der Waals surface area contributed by atoms with E-state index in [9.17, 15) is 14.4 Å². The van der Waals surface area contributed by atoms with Crippen LogP contribution in [-0.4, -0.2) is 37.2 Å². The third-order valence-electron chi connectivity index (χ3n) is 12.2. The largest absolute Gasteiger partial charge is 0.462 e. The first-order valence-corrected chi connectivity index (χ1v) is 27.3. The number of rotatable bonds is 50. The van der Waals surface area contributed by atoms with Gasteiger partial charge < -0.3 is 14.2 Å². The number of ether oxygens (including phenoxy) is 3. The molecule has 0 aromatic carbocycles. The van der Waals surface area contributed by atoms with E-state index >= 15 is 0 Å². The predicted octanol–water partition coefficient (Wildman–Crippen LogP) is 17.9. The van der Waals surface area contributed by atoms with Gasteiger partial charge in [0.15, 0.2) is 6.10 Å². The normalized spacial score (nSPS) is 12.1. The minimum atomic E-state index is -0.774. The minimum Gasteiger partial charge on any atom is -0.462 e. The average molecular weight is 873 g/mol. The van der Waals surface area contributed by atoms with Crippen LogP contribution in [0.3, 0.4) is 0 Å². The topological polar surface area (TPSA) is 78.9 Å². The summed E-state index contributed by atoms with van der Waals surface area (Å²) < 4.78 is 16.8. The van der Waals surface area contributed by atoms with E-state index in [0.717, 1.165) is 70.6 Å². The summed E-state index contributed by atoms with van der Waals surface area (Å²) in [5, 5.41) is 0. The van der Waals surface area contributed by atoms with Gasteiger partial charge in [-0.3, -0.25) is 14.4 Å². The molecule has 0 fully saturated rings. The average Bonchev–Trinajstić information content (AvgIpc) is 3.27. The molecule has 0 saturated heterocycles. The highest BCUT2D eigenvalue weighted by Crippen LogP contribution is 2.16. The Kier molecular flexibility index (Phi) is 49.8. The standard InChI is InChI=1S/C56H104O6/c1-4-7-10-13-16-19-22-25-26-27-28-29-30-32-34-37-40-43-46-49-55(58)61-52-53(51-60-54(57)48-45-42-39-36-33-24-21-18-15-12-9-6-3)62-56(59)50-47-44-41-38-35-31-23-20-17-14-11-8-5-2/h18,20-21,23,53H,4-17,19,22,24-52H2,1-3H3/b21-18-,23-20-. The lowest BCUT2D eigenvalue weighted by Gasteiger charge is -2.18. The monoisotopic (exact) mass is 873 g/mol. The van der Waals surface area contributed by atoms with E-state index in [1.807, 2.05) is 0 Å². The van der Waals surface area contributed by atoms with Crippen LogP contribution >= 0.6 is 0 Å². The van der Waals surface area contributed by atoms with Crippen molar-refractivity contribution in [3.63, 3.8) is 0 Å². The van der Waals surface area contributed by atoms with Gasteiger partial charge in [0, 0.05) is 19.3 Å². The Hall–Kier alpha value is -2.11. The summed E-state index contributed by atoms with van der Waals surface area (Å²) in [6.45, 7) is 6.62. The van der Waals surface area contributed by atoms with Crippen molar-refractivity contribution in [2.24, 2.45) is 0 Å². The van der Waals surface area contributed by atoms with Crippen LogP contribution < -0.4 is 0 Å². The molecule has 0 saturated carbocycles. The van der Waals surface area contributed by atoms with Crippen LogP contribution in [0.5, 0.6) is 0 Å². The van der Waals surface area contributed by atoms with E-state index < -0.39 is 6.10 Å². The van der Waals surface area contributed by atoms with E-state index in [1.165, 1.54) is 186 Å². The van der Waals surface area contributed by atoms with Crippen LogP contribution in [0, 0.1) is 0 Å². The van der Waals surface area contributed by atoms with Crippen molar-refractivity contribution in [1.29, 1.82) is 0 Å². The Balaban J connectivity index is 4.29. The second-order valence-electron chi connectivity index (χ2n) is 18.5. The SMILES string of the molecule is CCCCC/C=C\CCCCCCCC(=O)OCC(COC(=O)CCCCCCCCCCCCCCCCCCCCC)OC(=O)CCCCCCC/C=C\CCCCCC. The quantitative estimate of drug-likeness (QED) is 0.0262. The third-order valence-corrected chi connectivity index (χ3v) is 12.2. The van der Waals surface area contributed by atoms with Gasteiger partial charge >= 0.3 is 17.9 Å². The van der Waals surface area contributed by atoms with Crippen LogP contribution in [0.15, 0.2) is 24.3 Å². The second kappa shape index (κ2) is 51.5. The molecule has 0 aromatic heterocycles. The number of carbonyl (C=O) groups is 3. The molecule has 0 aromatic rings. The molecular weight excluding hydrogens is 769 g/mol. The van der Waals surface area contributed by atoms with Crippen LogP contribution in [-0.2, 0) is 28.6 Å². The fraction of sp³-hybridized carbons (Fsp3) is 0.875. The highest BCUT2D eigenvalue weighted by Gasteiger charge is 2.19. The highest BCUT2D eigenvalue weighted by atomic mass is 16.6. The molecular formula is C56H104O6. The van der Waals surface area contributed by atoms with Crippen LogP contribution in [0.2, 0.25) is 0 Å². The summed E-state index contributed by atoms with van der Waals surface area (Å²) in [6, 6.07) is 0. The Bertz CT molecular complexity index is 1000. The number of carbonyl (C=O) groups excluding carboxylic acids is 3. The van der Waals surface area contributed by atoms with E-state index in [0.29, 0.717) is 19.3 Å². The molecule has 0 aliphatic rings. The molecule has 6 nitrogen and oxygen atoms in total. The molecule has 364 valence electrons. The minimum absolute atomic E-state index is 0.0733. The van der Waals surface area contributed by atoms with E-state index in [2.05, 4.69) is 45.1 Å². The maximum Gasteiger partial charge on any atom is 0.306 e. The van der Waals surface area contributed by atoms with Crippen molar-refractivity contribution >= 4 is 17.9 Å². The molecule has 0 amide bonds. The lowest BCUT2D eigenvalue weighted by atomic mass is 10.0. The first-order valence-electron chi connectivity index (χ1n) is 27.3. The maximum atomic E-state index is 12.8. The molecule has 1 unspecified atom stereocenters. The summed E-state index contributed by atoms with van der Waals surface area (Å²) >= 11 is 0. The number of hydrogen-bond acceptors (Lipinski definition) is 6. The van der Waals surface area contributed by atoms with Gasteiger partial charge in [-0.25, -0.2) is 0 Å². The molecule has 0 aliphatic carbocycles. The summed E-state index contributed by atoms with van der Waals surface area (Å²) in [4.78, 5) is 38.0. The molecule has 0 heterocycles. The molecule has 62 heavy (non-hydrogen) atoms. The molecule has 0 N–H and O–H groups in total. The smallest absolute Gasteiger partial charge is 0.306 e. The van der Waals surface area contributed by atoms with Gasteiger partial charge in [-0.1, -0.05) is 231 Å². The van der Waals surface area contributed by atoms with Crippen molar-refractivity contribution in [2.75, 3.05) is 13.2 Å². The van der Waals surface area contributed by atoms with Crippen molar-refractivity contribution < 1.29 is 28.6 Å². The van der Waals surface area contributed by atoms with E-state index in [1.54, 1.807) is 0 Å². The summed E-state index contributed by atoms with van der Waals surface area (Å²) in [6.07, 6.45) is 58.8. The van der Waals surface area contributed by atoms with Gasteiger partial charge in [-0.15, -0.1) is 0 Å². The highest BCUT2D eigenvalue weighted by molar-refractivity contribution is 5.71. The number of unbranched alkanes of at least 4 members (excludes halogenated alkanes) is 35. The van der Waals surface area contributed by atoms with Crippen LogP contribution in [0.25, 0.3) is 0 Å². The van der Waals surface area contributed by atoms with Crippen molar-refractivity contribution in [1.82, 2.24) is 0 Å². The van der Waals surface area contributed by atoms with Crippen molar-refractivity contribution in [3.8, 4) is 0 Å². The van der Waals surface area contributed by atoms with Crippen molar-refractivity contribution in [3.05, 3.63) is 24.3 Å². The first kappa shape index (κ1) is 59.9. The Morgan fingerprint density at radius 1 is 0.306 bits per heavy atom. The van der Waals surface area contributed by atoms with Gasteiger partial charge in [0.2, 0.25) is 0 Å². The summed E-state index contributed by atoms with van der Waals surface area (Å²) in [5.74, 6) is -0.877. The summed E-state index contributed by atoms with van der Waals surface area (Å²) in [7, 11) is 0. The molecule has 0 spiro atoms. The molecule has 6 heteroatoms. The molecule has 0 bridgehead atoms. The van der Waals surface area contributed by atoms with Gasteiger partial charge in [-0.05, 0) is 70.6 Å². The molecule has 1 atom stereocenters. The van der Waals surface area contributed by atoms with Crippen molar-refractivity contribution in [2.45, 2.75) is 303 Å². The van der Waals surface area contributed by atoms with E-state index in [-0.39, 0.29) is 31.1 Å². The van der Waals surface area contributed by atoms with Gasteiger partial charge in [0.05, 0.1) is 0 Å². The van der Waals surface area contributed by atoms with Crippen LogP contribution in [0.1, 0.15) is 297 Å². The molecule has 0 aliphatic heterocycles. The number of allylic oxidation sites excluding steroid dienone is 4. The third kappa shape index (κ3) is 48.9. The second-order valence-corrected chi connectivity index (χ2v) is 18.5. The zero-order valence-corrected chi connectivity index (χ0v) is 41.7. The molecule has 0 radical (unpaired) electrons. The van der Waals surface area contributed by atoms with Gasteiger partial charge in [0.1, 0.15) is 13.2 Å². The fourth-order valence-corrected chi connectivity index (χ4v) is 8.02. The maximum absolute atomic E-state index is 12.8. The Labute approximate surface area is 385 Å². The number of hydrogen-bond donors (Lipinski definition) is 0. The molecule has 0 rings (SSSR count). The Morgan fingerprint density at radius 2 is 0.532 bits per heavy atom. The van der Waals surface area contributed by atoms with E-state index in [4.69, 9.17) is 14.2 Å². The fourth-order valence-electron chi connectivity index (χ4n) is 8.02. The zero-order chi connectivity index (χ0) is 45.1. The van der Waals surface area contributed by atoms with Crippen LogP contribution in [0.4, 0.5) is 0 Å². The summed E-state index contributed by atoms with van der Waals surface area (Å²) in [5.41, 5.74) is 0. The number of esters is 3. The van der Waals surface area contributed by atoms with Gasteiger partial charge in [0.25, 0.3) is 0 Å². The zero-order valence-electron chi connectivity index (χ0n) is 41.7. The predicted molar refractivity (Wildman–Crippen MR) is 266 cm³/mol. The lowest BCUT2D eigenvalue weighted by Crippen LogP contribution is -2.30. The first-order chi connectivity index (χ1) is 30.5. The Morgan fingerprint density at radius 3 is 0.855 bits per heavy atom. The van der Waals surface area contributed by atoms with Gasteiger partial charge in [-0.2, -0.15) is 0 Å². The lowest BCUT2D eigenvalue weighted by molar-refractivity contribution is -0.167.